The summed E-state index contributed by atoms with van der Waals surface area (Å²) < 4.78 is 0. The van der Waals surface area contributed by atoms with Crippen molar-refractivity contribution in [2.75, 3.05) is 0 Å². The summed E-state index contributed by atoms with van der Waals surface area (Å²) in [5, 5.41) is 0. The van der Waals surface area contributed by atoms with Crippen LogP contribution in [0.5, 0.6) is 0 Å². The maximum atomic E-state index is 5.65. The van der Waals surface area contributed by atoms with Crippen LogP contribution in [-0.4, -0.2) is 6.04 Å². The van der Waals surface area contributed by atoms with Gasteiger partial charge in [-0.2, -0.15) is 0 Å². The first-order valence-corrected chi connectivity index (χ1v) is 8.33. The third-order valence-electron chi connectivity index (χ3n) is 4.48. The monoisotopic (exact) mass is 254 g/mol. The molecular weight excluding hydrogens is 220 g/mol. The topological polar surface area (TPSA) is 38.0 Å². The Morgan fingerprint density at radius 1 is 1.00 bits per heavy atom. The van der Waals surface area contributed by atoms with Crippen molar-refractivity contribution in [3.8, 4) is 0 Å². The molecule has 0 aromatic carbocycles. The van der Waals surface area contributed by atoms with Crippen molar-refractivity contribution in [3.63, 3.8) is 0 Å². The molecule has 1 fully saturated rings. The Bertz CT molecular complexity index is 178. The molecule has 0 aromatic heterocycles. The molecule has 0 heterocycles. The highest BCUT2D eigenvalue weighted by atomic mass is 15.2. The Morgan fingerprint density at radius 2 is 1.61 bits per heavy atom. The van der Waals surface area contributed by atoms with Crippen LogP contribution in [0.25, 0.3) is 0 Å². The van der Waals surface area contributed by atoms with Crippen molar-refractivity contribution in [3.05, 3.63) is 0 Å². The SMILES string of the molecule is CCCCCCCCCCC(CC1CCC1)NN. The van der Waals surface area contributed by atoms with Crippen LogP contribution in [0, 0.1) is 5.92 Å². The second kappa shape index (κ2) is 10.8. The summed E-state index contributed by atoms with van der Waals surface area (Å²) in [5.74, 6) is 6.62. The molecule has 0 bridgehead atoms. The largest absolute Gasteiger partial charge is 0.271 e. The molecular formula is C16H34N2. The van der Waals surface area contributed by atoms with E-state index in [-0.39, 0.29) is 0 Å². The fraction of sp³-hybridized carbons (Fsp3) is 1.00. The van der Waals surface area contributed by atoms with Crippen LogP contribution in [-0.2, 0) is 0 Å². The number of nitrogens with one attached hydrogen (secondary N) is 1. The first-order chi connectivity index (χ1) is 8.86. The Hall–Kier alpha value is -0.0800. The molecule has 108 valence electrons. The van der Waals surface area contributed by atoms with Gasteiger partial charge >= 0.3 is 0 Å². The lowest BCUT2D eigenvalue weighted by Gasteiger charge is -2.29. The Kier molecular flexibility index (Phi) is 9.59. The molecule has 0 amide bonds. The van der Waals surface area contributed by atoms with Crippen molar-refractivity contribution in [2.24, 2.45) is 11.8 Å². The van der Waals surface area contributed by atoms with Crippen molar-refractivity contribution >= 4 is 0 Å². The minimum Gasteiger partial charge on any atom is -0.271 e. The van der Waals surface area contributed by atoms with Crippen molar-refractivity contribution < 1.29 is 0 Å². The number of hydrogen-bond acceptors (Lipinski definition) is 2. The second-order valence-corrected chi connectivity index (χ2v) is 6.16. The van der Waals surface area contributed by atoms with E-state index in [1.54, 1.807) is 0 Å². The third kappa shape index (κ3) is 7.38. The van der Waals surface area contributed by atoms with Gasteiger partial charge in [0.15, 0.2) is 0 Å². The van der Waals surface area contributed by atoms with Crippen LogP contribution >= 0.6 is 0 Å². The van der Waals surface area contributed by atoms with E-state index >= 15 is 0 Å². The van der Waals surface area contributed by atoms with Crippen molar-refractivity contribution in [1.29, 1.82) is 0 Å². The third-order valence-corrected chi connectivity index (χ3v) is 4.48. The molecule has 2 nitrogen and oxygen atoms in total. The maximum absolute atomic E-state index is 5.65. The molecule has 1 aliphatic rings. The fourth-order valence-electron chi connectivity index (χ4n) is 2.92. The van der Waals surface area contributed by atoms with Gasteiger partial charge in [0, 0.05) is 6.04 Å². The van der Waals surface area contributed by atoms with Crippen LogP contribution in [0.3, 0.4) is 0 Å². The van der Waals surface area contributed by atoms with E-state index in [4.69, 9.17) is 5.84 Å². The quantitative estimate of drug-likeness (QED) is 0.305. The molecule has 0 aliphatic heterocycles. The van der Waals surface area contributed by atoms with Gasteiger partial charge in [-0.25, -0.2) is 0 Å². The van der Waals surface area contributed by atoms with Gasteiger partial charge in [0.1, 0.15) is 0 Å². The van der Waals surface area contributed by atoms with Gasteiger partial charge in [-0.3, -0.25) is 11.3 Å². The summed E-state index contributed by atoms with van der Waals surface area (Å²) in [6, 6.07) is 0.579. The number of unbranched alkanes of at least 4 members (excludes halogenated alkanes) is 7. The lowest BCUT2D eigenvalue weighted by molar-refractivity contribution is 0.252. The molecule has 2 heteroatoms. The average Bonchev–Trinajstić information content (AvgIpc) is 2.34. The molecule has 3 N–H and O–H groups in total. The summed E-state index contributed by atoms with van der Waals surface area (Å²) in [5.41, 5.74) is 3.02. The van der Waals surface area contributed by atoms with Crippen LogP contribution in [0.2, 0.25) is 0 Å². The number of nitrogens with two attached hydrogens (primary N) is 1. The summed E-state index contributed by atoms with van der Waals surface area (Å²) in [6.45, 7) is 2.28. The standard InChI is InChI=1S/C16H34N2/c1-2-3-4-5-6-7-8-9-13-16(18-17)14-15-11-10-12-15/h15-16,18H,2-14,17H2,1H3. The van der Waals surface area contributed by atoms with Crippen LogP contribution in [0.15, 0.2) is 0 Å². The minimum atomic E-state index is 0.579. The molecule has 1 rings (SSSR count). The highest BCUT2D eigenvalue weighted by Crippen LogP contribution is 2.31. The average molecular weight is 254 g/mol. The predicted molar refractivity (Wildman–Crippen MR) is 80.3 cm³/mol. The summed E-state index contributed by atoms with van der Waals surface area (Å²) >= 11 is 0. The highest BCUT2D eigenvalue weighted by Gasteiger charge is 2.20. The zero-order chi connectivity index (χ0) is 13.1. The van der Waals surface area contributed by atoms with E-state index in [1.807, 2.05) is 0 Å². The van der Waals surface area contributed by atoms with E-state index in [9.17, 15) is 0 Å². The van der Waals surface area contributed by atoms with Gasteiger partial charge in [0.05, 0.1) is 0 Å². The maximum Gasteiger partial charge on any atom is 0.0213 e. The van der Waals surface area contributed by atoms with E-state index in [1.165, 1.54) is 83.5 Å². The molecule has 1 aliphatic carbocycles. The Labute approximate surface area is 114 Å². The molecule has 0 radical (unpaired) electrons. The molecule has 0 aromatic rings. The minimum absolute atomic E-state index is 0.579. The zero-order valence-corrected chi connectivity index (χ0v) is 12.4. The molecule has 0 spiro atoms. The van der Waals surface area contributed by atoms with Gasteiger partial charge in [-0.15, -0.1) is 0 Å². The van der Waals surface area contributed by atoms with Crippen molar-refractivity contribution in [1.82, 2.24) is 5.43 Å². The van der Waals surface area contributed by atoms with E-state index in [2.05, 4.69) is 12.3 Å². The van der Waals surface area contributed by atoms with Gasteiger partial charge in [-0.1, -0.05) is 77.6 Å². The zero-order valence-electron chi connectivity index (χ0n) is 12.4. The number of rotatable bonds is 12. The molecule has 1 unspecified atom stereocenters. The van der Waals surface area contributed by atoms with Gasteiger partial charge in [0.25, 0.3) is 0 Å². The van der Waals surface area contributed by atoms with E-state index in [0.717, 1.165) is 5.92 Å². The summed E-state index contributed by atoms with van der Waals surface area (Å²) in [7, 11) is 0. The number of hydrazine groups is 1. The van der Waals surface area contributed by atoms with Gasteiger partial charge in [-0.05, 0) is 18.8 Å². The number of hydrogen-bond donors (Lipinski definition) is 2. The smallest absolute Gasteiger partial charge is 0.0213 e. The van der Waals surface area contributed by atoms with E-state index < -0.39 is 0 Å². The Balaban J connectivity index is 1.85. The normalized spacial score (nSPS) is 17.7. The van der Waals surface area contributed by atoms with Crippen LogP contribution < -0.4 is 11.3 Å². The summed E-state index contributed by atoms with van der Waals surface area (Å²) in [4.78, 5) is 0. The fourth-order valence-corrected chi connectivity index (χ4v) is 2.92. The molecule has 1 atom stereocenters. The highest BCUT2D eigenvalue weighted by molar-refractivity contribution is 4.76. The van der Waals surface area contributed by atoms with Crippen molar-refractivity contribution in [2.45, 2.75) is 96.4 Å². The second-order valence-electron chi connectivity index (χ2n) is 6.16. The summed E-state index contributed by atoms with van der Waals surface area (Å²) in [6.07, 6.45) is 18.2. The lowest BCUT2D eigenvalue weighted by Crippen LogP contribution is -2.37. The van der Waals surface area contributed by atoms with Gasteiger partial charge < -0.3 is 0 Å². The molecule has 1 saturated carbocycles. The van der Waals surface area contributed by atoms with Gasteiger partial charge in [0.2, 0.25) is 0 Å². The van der Waals surface area contributed by atoms with E-state index in [0.29, 0.717) is 6.04 Å². The van der Waals surface area contributed by atoms with Crippen LogP contribution in [0.1, 0.15) is 90.4 Å². The van der Waals surface area contributed by atoms with Crippen LogP contribution in [0.4, 0.5) is 0 Å². The molecule has 18 heavy (non-hydrogen) atoms. The lowest BCUT2D eigenvalue weighted by atomic mass is 9.80. The Morgan fingerprint density at radius 3 is 2.11 bits per heavy atom. The molecule has 0 saturated heterocycles. The first kappa shape index (κ1) is 16.0. The predicted octanol–water partition coefficient (Wildman–Crippen LogP) is 4.54. The first-order valence-electron chi connectivity index (χ1n) is 8.33.